The molecule has 6 nitrogen and oxygen atoms in total. The lowest BCUT2D eigenvalue weighted by Crippen LogP contribution is -2.53. The molecule has 0 aromatic carbocycles. The third-order valence-electron chi connectivity index (χ3n) is 2.87. The summed E-state index contributed by atoms with van der Waals surface area (Å²) in [5, 5.41) is 5.65. The van der Waals surface area contributed by atoms with Gasteiger partial charge in [-0.2, -0.15) is 0 Å². The van der Waals surface area contributed by atoms with Crippen LogP contribution in [0.5, 0.6) is 0 Å². The smallest absolute Gasteiger partial charge is 0.246 e. The molecule has 0 saturated carbocycles. The minimum absolute atomic E-state index is 0.102. The van der Waals surface area contributed by atoms with Crippen molar-refractivity contribution in [2.24, 2.45) is 5.92 Å². The lowest BCUT2D eigenvalue weighted by atomic mass is 10.0. The summed E-state index contributed by atoms with van der Waals surface area (Å²) in [7, 11) is 1.47. The Morgan fingerprint density at radius 1 is 1.44 bits per heavy atom. The molecule has 2 N–H and O–H groups in total. The minimum atomic E-state index is -0.433. The average molecular weight is 255 g/mol. The number of hydrogen-bond donors (Lipinski definition) is 2. The van der Waals surface area contributed by atoms with Crippen molar-refractivity contribution in [1.82, 2.24) is 15.5 Å². The zero-order valence-corrected chi connectivity index (χ0v) is 11.2. The molecular formula is C12H21N3O3. The predicted molar refractivity (Wildman–Crippen MR) is 66.6 cm³/mol. The molecule has 0 aromatic rings. The summed E-state index contributed by atoms with van der Waals surface area (Å²) in [5.41, 5.74) is 0. The number of imide groups is 1. The van der Waals surface area contributed by atoms with Gasteiger partial charge in [0.15, 0.2) is 0 Å². The van der Waals surface area contributed by atoms with E-state index in [0.29, 0.717) is 25.3 Å². The van der Waals surface area contributed by atoms with Crippen molar-refractivity contribution in [1.29, 1.82) is 0 Å². The molecule has 6 heteroatoms. The maximum absolute atomic E-state index is 11.7. The lowest BCUT2D eigenvalue weighted by Gasteiger charge is -2.28. The van der Waals surface area contributed by atoms with Gasteiger partial charge in [-0.05, 0) is 12.3 Å². The van der Waals surface area contributed by atoms with Crippen molar-refractivity contribution in [3.05, 3.63) is 0 Å². The van der Waals surface area contributed by atoms with Gasteiger partial charge in [-0.1, -0.05) is 13.8 Å². The van der Waals surface area contributed by atoms with Crippen LogP contribution in [0, 0.1) is 5.92 Å². The summed E-state index contributed by atoms with van der Waals surface area (Å²) >= 11 is 0. The molecule has 0 spiro atoms. The number of nitrogens with one attached hydrogen (secondary N) is 2. The minimum Gasteiger partial charge on any atom is -0.355 e. The highest BCUT2D eigenvalue weighted by atomic mass is 16.2. The number of piperidine rings is 1. The van der Waals surface area contributed by atoms with E-state index in [1.165, 1.54) is 7.05 Å². The van der Waals surface area contributed by atoms with E-state index in [1.807, 2.05) is 13.8 Å². The first-order valence-electron chi connectivity index (χ1n) is 6.22. The molecule has 102 valence electrons. The van der Waals surface area contributed by atoms with Crippen molar-refractivity contribution in [2.45, 2.75) is 32.7 Å². The Kier molecular flexibility index (Phi) is 5.27. The van der Waals surface area contributed by atoms with Crippen LogP contribution in [-0.2, 0) is 14.4 Å². The molecule has 3 amide bonds. The Morgan fingerprint density at radius 3 is 2.72 bits per heavy atom. The van der Waals surface area contributed by atoms with Crippen molar-refractivity contribution >= 4 is 17.7 Å². The Bertz CT molecular complexity index is 341. The Hall–Kier alpha value is -1.43. The number of carbonyl (C=O) groups is 3. The van der Waals surface area contributed by atoms with E-state index >= 15 is 0 Å². The molecule has 1 atom stereocenters. The summed E-state index contributed by atoms with van der Waals surface area (Å²) in [6.07, 6.45) is 0.799. The van der Waals surface area contributed by atoms with Crippen molar-refractivity contribution < 1.29 is 14.4 Å². The molecular weight excluding hydrogens is 234 g/mol. The molecule has 1 rings (SSSR count). The number of likely N-dealkylation sites (N-methyl/N-ethyl adjacent to an activating group) is 1. The molecule has 0 aliphatic carbocycles. The molecule has 1 saturated heterocycles. The first kappa shape index (κ1) is 14.6. The third-order valence-corrected chi connectivity index (χ3v) is 2.87. The molecule has 0 radical (unpaired) electrons. The number of amides is 3. The molecule has 1 unspecified atom stereocenters. The second kappa shape index (κ2) is 6.49. The van der Waals surface area contributed by atoms with Gasteiger partial charge < -0.3 is 5.32 Å². The van der Waals surface area contributed by atoms with E-state index in [1.54, 1.807) is 0 Å². The molecule has 0 bridgehead atoms. The SMILES string of the molecule is CC(C)CNC(=O)CNC1CCC(=O)N(C)C1=O. The standard InChI is InChI=1S/C12H21N3O3/c1-8(2)6-14-10(16)7-13-9-4-5-11(17)15(3)12(9)18/h8-9,13H,4-7H2,1-3H3,(H,14,16). The zero-order valence-electron chi connectivity index (χ0n) is 11.2. The van der Waals surface area contributed by atoms with E-state index in [0.717, 1.165) is 4.90 Å². The van der Waals surface area contributed by atoms with E-state index in [2.05, 4.69) is 10.6 Å². The van der Waals surface area contributed by atoms with Crippen LogP contribution in [0.1, 0.15) is 26.7 Å². The molecule has 1 heterocycles. The summed E-state index contributed by atoms with van der Waals surface area (Å²) in [4.78, 5) is 35.6. The van der Waals surface area contributed by atoms with Gasteiger partial charge in [0.2, 0.25) is 17.7 Å². The van der Waals surface area contributed by atoms with Crippen LogP contribution in [-0.4, -0.2) is 48.8 Å². The Morgan fingerprint density at radius 2 is 2.11 bits per heavy atom. The molecule has 0 aromatic heterocycles. The van der Waals surface area contributed by atoms with Crippen molar-refractivity contribution in [2.75, 3.05) is 20.1 Å². The van der Waals surface area contributed by atoms with Gasteiger partial charge in [-0.25, -0.2) is 0 Å². The van der Waals surface area contributed by atoms with E-state index in [9.17, 15) is 14.4 Å². The van der Waals surface area contributed by atoms with Crippen LogP contribution < -0.4 is 10.6 Å². The van der Waals surface area contributed by atoms with Crippen LogP contribution in [0.15, 0.2) is 0 Å². The van der Waals surface area contributed by atoms with Gasteiger partial charge in [0.1, 0.15) is 0 Å². The van der Waals surface area contributed by atoms with E-state index < -0.39 is 6.04 Å². The molecule has 18 heavy (non-hydrogen) atoms. The van der Waals surface area contributed by atoms with E-state index in [-0.39, 0.29) is 24.3 Å². The van der Waals surface area contributed by atoms with Crippen LogP contribution in [0.3, 0.4) is 0 Å². The normalized spacial score (nSPS) is 20.4. The maximum atomic E-state index is 11.7. The average Bonchev–Trinajstić information content (AvgIpc) is 2.32. The second-order valence-corrected chi connectivity index (χ2v) is 4.96. The monoisotopic (exact) mass is 255 g/mol. The number of likely N-dealkylation sites (tertiary alicyclic amines) is 1. The van der Waals surface area contributed by atoms with Crippen LogP contribution in [0.25, 0.3) is 0 Å². The predicted octanol–water partition coefficient (Wildman–Crippen LogP) is -0.504. The van der Waals surface area contributed by atoms with Gasteiger partial charge in [0.05, 0.1) is 12.6 Å². The Labute approximate surface area is 107 Å². The number of rotatable bonds is 5. The first-order valence-corrected chi connectivity index (χ1v) is 6.22. The zero-order chi connectivity index (χ0) is 13.7. The first-order chi connectivity index (χ1) is 8.41. The van der Waals surface area contributed by atoms with Gasteiger partial charge in [-0.3, -0.25) is 24.6 Å². The van der Waals surface area contributed by atoms with Gasteiger partial charge in [-0.15, -0.1) is 0 Å². The number of nitrogens with zero attached hydrogens (tertiary/aromatic N) is 1. The molecule has 1 fully saturated rings. The topological polar surface area (TPSA) is 78.5 Å². The maximum Gasteiger partial charge on any atom is 0.246 e. The van der Waals surface area contributed by atoms with Crippen molar-refractivity contribution in [3.8, 4) is 0 Å². The fourth-order valence-electron chi connectivity index (χ4n) is 1.70. The number of carbonyl (C=O) groups excluding carboxylic acids is 3. The fraction of sp³-hybridized carbons (Fsp3) is 0.750. The van der Waals surface area contributed by atoms with Crippen LogP contribution >= 0.6 is 0 Å². The summed E-state index contributed by atoms with van der Waals surface area (Å²) in [6, 6.07) is -0.433. The highest BCUT2D eigenvalue weighted by Gasteiger charge is 2.31. The summed E-state index contributed by atoms with van der Waals surface area (Å²) < 4.78 is 0. The summed E-state index contributed by atoms with van der Waals surface area (Å²) in [6.45, 7) is 4.75. The van der Waals surface area contributed by atoms with Gasteiger partial charge in [0, 0.05) is 20.0 Å². The molecule has 1 aliphatic heterocycles. The third kappa shape index (κ3) is 4.10. The van der Waals surface area contributed by atoms with E-state index in [4.69, 9.17) is 0 Å². The Balaban J connectivity index is 2.33. The largest absolute Gasteiger partial charge is 0.355 e. The van der Waals surface area contributed by atoms with Crippen LogP contribution in [0.4, 0.5) is 0 Å². The lowest BCUT2D eigenvalue weighted by molar-refractivity contribution is -0.148. The molecule has 1 aliphatic rings. The van der Waals surface area contributed by atoms with Crippen LogP contribution in [0.2, 0.25) is 0 Å². The highest BCUT2D eigenvalue weighted by molar-refractivity contribution is 6.00. The number of hydrogen-bond acceptors (Lipinski definition) is 4. The van der Waals surface area contributed by atoms with Gasteiger partial charge in [0.25, 0.3) is 0 Å². The second-order valence-electron chi connectivity index (χ2n) is 4.96. The highest BCUT2D eigenvalue weighted by Crippen LogP contribution is 2.10. The quantitative estimate of drug-likeness (QED) is 0.649. The van der Waals surface area contributed by atoms with Gasteiger partial charge >= 0.3 is 0 Å². The fourth-order valence-corrected chi connectivity index (χ4v) is 1.70. The van der Waals surface area contributed by atoms with Crippen molar-refractivity contribution in [3.63, 3.8) is 0 Å². The summed E-state index contributed by atoms with van der Waals surface area (Å²) in [5.74, 6) is -0.157.